The lowest BCUT2D eigenvalue weighted by molar-refractivity contribution is 0.242. The number of nitrogens with one attached hydrogen (secondary N) is 1. The van der Waals surface area contributed by atoms with Gasteiger partial charge < -0.3 is 10.1 Å². The Kier molecular flexibility index (Phi) is 3.92. The zero-order valence-electron chi connectivity index (χ0n) is 12.5. The highest BCUT2D eigenvalue weighted by Gasteiger charge is 2.06. The van der Waals surface area contributed by atoms with E-state index in [4.69, 9.17) is 4.74 Å². The van der Waals surface area contributed by atoms with Gasteiger partial charge in [0.1, 0.15) is 11.6 Å². The minimum absolute atomic E-state index is 0.117. The van der Waals surface area contributed by atoms with Gasteiger partial charge in [0, 0.05) is 29.0 Å². The standard InChI is InChI=1S/C18H17FN2O/c1-12(2)22-15-6-7-16-17(8-9-20-18(16)11-15)21-14-5-3-4-13(19)10-14/h3-12H,1-2H3,(H,20,21). The summed E-state index contributed by atoms with van der Waals surface area (Å²) in [6, 6.07) is 14.0. The van der Waals surface area contributed by atoms with E-state index < -0.39 is 0 Å². The van der Waals surface area contributed by atoms with Crippen molar-refractivity contribution in [2.45, 2.75) is 20.0 Å². The lowest BCUT2D eigenvalue weighted by atomic mass is 10.1. The second-order valence-electron chi connectivity index (χ2n) is 5.34. The molecular weight excluding hydrogens is 279 g/mol. The quantitative estimate of drug-likeness (QED) is 0.743. The minimum atomic E-state index is -0.268. The highest BCUT2D eigenvalue weighted by molar-refractivity contribution is 5.93. The van der Waals surface area contributed by atoms with Crippen LogP contribution in [0.5, 0.6) is 5.75 Å². The molecule has 1 aromatic heterocycles. The van der Waals surface area contributed by atoms with Gasteiger partial charge in [-0.3, -0.25) is 4.98 Å². The maximum Gasteiger partial charge on any atom is 0.125 e. The fourth-order valence-corrected chi connectivity index (χ4v) is 2.30. The summed E-state index contributed by atoms with van der Waals surface area (Å²) < 4.78 is 19.0. The largest absolute Gasteiger partial charge is 0.491 e. The van der Waals surface area contributed by atoms with E-state index in [-0.39, 0.29) is 11.9 Å². The van der Waals surface area contributed by atoms with Crippen molar-refractivity contribution >= 4 is 22.3 Å². The molecule has 0 bridgehead atoms. The topological polar surface area (TPSA) is 34.1 Å². The van der Waals surface area contributed by atoms with Crippen molar-refractivity contribution in [3.63, 3.8) is 0 Å². The van der Waals surface area contributed by atoms with Crippen LogP contribution in [0.15, 0.2) is 54.7 Å². The molecule has 0 fully saturated rings. The molecule has 1 N–H and O–H groups in total. The van der Waals surface area contributed by atoms with E-state index in [1.54, 1.807) is 12.3 Å². The lowest BCUT2D eigenvalue weighted by Crippen LogP contribution is -2.05. The first-order valence-corrected chi connectivity index (χ1v) is 7.20. The van der Waals surface area contributed by atoms with Crippen LogP contribution in [0.4, 0.5) is 15.8 Å². The maximum absolute atomic E-state index is 13.3. The molecule has 0 aliphatic heterocycles. The number of benzene rings is 2. The number of pyridine rings is 1. The van der Waals surface area contributed by atoms with Crippen LogP contribution < -0.4 is 10.1 Å². The van der Waals surface area contributed by atoms with Crippen LogP contribution in [0.25, 0.3) is 10.9 Å². The van der Waals surface area contributed by atoms with Gasteiger partial charge in [-0.15, -0.1) is 0 Å². The molecule has 0 radical (unpaired) electrons. The number of anilines is 2. The van der Waals surface area contributed by atoms with Crippen LogP contribution in [0.1, 0.15) is 13.8 Å². The van der Waals surface area contributed by atoms with E-state index in [1.807, 2.05) is 44.2 Å². The van der Waals surface area contributed by atoms with Gasteiger partial charge in [0.2, 0.25) is 0 Å². The molecule has 0 saturated heterocycles. The molecule has 3 rings (SSSR count). The summed E-state index contributed by atoms with van der Waals surface area (Å²) in [4.78, 5) is 4.37. The zero-order valence-corrected chi connectivity index (χ0v) is 12.5. The van der Waals surface area contributed by atoms with Crippen molar-refractivity contribution in [1.29, 1.82) is 0 Å². The predicted octanol–water partition coefficient (Wildman–Crippen LogP) is 4.90. The second-order valence-corrected chi connectivity index (χ2v) is 5.34. The van der Waals surface area contributed by atoms with E-state index >= 15 is 0 Å². The first kappa shape index (κ1) is 14.3. The van der Waals surface area contributed by atoms with Gasteiger partial charge in [0.15, 0.2) is 0 Å². The van der Waals surface area contributed by atoms with Crippen molar-refractivity contribution < 1.29 is 9.13 Å². The van der Waals surface area contributed by atoms with Crippen molar-refractivity contribution in [3.05, 3.63) is 60.5 Å². The Bertz CT molecular complexity index is 802. The molecule has 0 aliphatic rings. The third kappa shape index (κ3) is 3.17. The molecule has 3 aromatic rings. The van der Waals surface area contributed by atoms with Gasteiger partial charge in [-0.1, -0.05) is 6.07 Å². The van der Waals surface area contributed by atoms with Gasteiger partial charge in [-0.2, -0.15) is 0 Å². The van der Waals surface area contributed by atoms with Crippen molar-refractivity contribution in [2.75, 3.05) is 5.32 Å². The third-order valence-electron chi connectivity index (χ3n) is 3.19. The van der Waals surface area contributed by atoms with Crippen LogP contribution in [-0.2, 0) is 0 Å². The Morgan fingerprint density at radius 2 is 1.95 bits per heavy atom. The van der Waals surface area contributed by atoms with Crippen molar-refractivity contribution in [2.24, 2.45) is 0 Å². The van der Waals surface area contributed by atoms with Gasteiger partial charge in [0.05, 0.1) is 11.6 Å². The number of halogens is 1. The number of hydrogen-bond acceptors (Lipinski definition) is 3. The fraction of sp³-hybridized carbons (Fsp3) is 0.167. The molecule has 0 amide bonds. The molecule has 0 unspecified atom stereocenters. The highest BCUT2D eigenvalue weighted by atomic mass is 19.1. The number of rotatable bonds is 4. The number of aromatic nitrogens is 1. The number of nitrogens with zero attached hydrogens (tertiary/aromatic N) is 1. The Labute approximate surface area is 128 Å². The van der Waals surface area contributed by atoms with Crippen LogP contribution in [-0.4, -0.2) is 11.1 Å². The summed E-state index contributed by atoms with van der Waals surface area (Å²) in [6.07, 6.45) is 1.84. The van der Waals surface area contributed by atoms with Gasteiger partial charge in [-0.25, -0.2) is 4.39 Å². The third-order valence-corrected chi connectivity index (χ3v) is 3.19. The van der Waals surface area contributed by atoms with Crippen LogP contribution in [0.3, 0.4) is 0 Å². The molecule has 0 saturated carbocycles. The van der Waals surface area contributed by atoms with Crippen molar-refractivity contribution in [1.82, 2.24) is 4.98 Å². The smallest absolute Gasteiger partial charge is 0.125 e. The Hall–Kier alpha value is -2.62. The minimum Gasteiger partial charge on any atom is -0.491 e. The average molecular weight is 296 g/mol. The molecular formula is C18H17FN2O. The molecule has 2 aromatic carbocycles. The van der Waals surface area contributed by atoms with E-state index in [1.165, 1.54) is 12.1 Å². The molecule has 4 heteroatoms. The predicted molar refractivity (Wildman–Crippen MR) is 87.2 cm³/mol. The van der Waals surface area contributed by atoms with E-state index in [0.29, 0.717) is 5.69 Å². The van der Waals surface area contributed by atoms with Crippen molar-refractivity contribution in [3.8, 4) is 5.75 Å². The summed E-state index contributed by atoms with van der Waals surface area (Å²) >= 11 is 0. The van der Waals surface area contributed by atoms with Crippen LogP contribution in [0.2, 0.25) is 0 Å². The number of hydrogen-bond donors (Lipinski definition) is 1. The first-order chi connectivity index (χ1) is 10.6. The first-order valence-electron chi connectivity index (χ1n) is 7.20. The molecule has 0 spiro atoms. The zero-order chi connectivity index (χ0) is 15.5. The Balaban J connectivity index is 1.96. The van der Waals surface area contributed by atoms with Crippen LogP contribution >= 0.6 is 0 Å². The molecule has 3 nitrogen and oxygen atoms in total. The van der Waals surface area contributed by atoms with Crippen LogP contribution in [0, 0.1) is 5.82 Å². The molecule has 0 aliphatic carbocycles. The SMILES string of the molecule is CC(C)Oc1ccc2c(Nc3cccc(F)c3)ccnc2c1. The Morgan fingerprint density at radius 3 is 2.73 bits per heavy atom. The van der Waals surface area contributed by atoms with Gasteiger partial charge in [0.25, 0.3) is 0 Å². The Morgan fingerprint density at radius 1 is 1.09 bits per heavy atom. The fourth-order valence-electron chi connectivity index (χ4n) is 2.30. The highest BCUT2D eigenvalue weighted by Crippen LogP contribution is 2.28. The lowest BCUT2D eigenvalue weighted by Gasteiger charge is -2.12. The monoisotopic (exact) mass is 296 g/mol. The summed E-state index contributed by atoms with van der Waals surface area (Å²) in [6.45, 7) is 3.97. The number of fused-ring (bicyclic) bond motifs is 1. The summed E-state index contributed by atoms with van der Waals surface area (Å²) in [5.74, 6) is 0.522. The summed E-state index contributed by atoms with van der Waals surface area (Å²) in [5, 5.41) is 4.19. The molecule has 1 heterocycles. The molecule has 0 atom stereocenters. The molecule has 22 heavy (non-hydrogen) atoms. The molecule has 112 valence electrons. The van der Waals surface area contributed by atoms with E-state index in [9.17, 15) is 4.39 Å². The second kappa shape index (κ2) is 6.02. The van der Waals surface area contributed by atoms with Gasteiger partial charge >= 0.3 is 0 Å². The summed E-state index contributed by atoms with van der Waals surface area (Å²) in [7, 11) is 0. The average Bonchev–Trinajstić information content (AvgIpc) is 2.46. The maximum atomic E-state index is 13.3. The van der Waals surface area contributed by atoms with E-state index in [2.05, 4.69) is 10.3 Å². The van der Waals surface area contributed by atoms with Gasteiger partial charge in [-0.05, 0) is 50.2 Å². The van der Waals surface area contributed by atoms with E-state index in [0.717, 1.165) is 22.3 Å². The summed E-state index contributed by atoms with van der Waals surface area (Å²) in [5.41, 5.74) is 2.42. The normalized spacial score (nSPS) is 10.9. The number of ether oxygens (including phenoxy) is 1.